The molecule has 1 amide bonds. The Hall–Kier alpha value is -2.67. The maximum absolute atomic E-state index is 13.3. The van der Waals surface area contributed by atoms with Gasteiger partial charge in [0.05, 0.1) is 22.8 Å². The topological polar surface area (TPSA) is 63.9 Å². The number of halogens is 2. The molecule has 8 heteroatoms. The van der Waals surface area contributed by atoms with Gasteiger partial charge < -0.3 is 24.0 Å². The Morgan fingerprint density at radius 1 is 1.00 bits per heavy atom. The molecule has 4 rings (SSSR count). The number of nitrogens with zero attached hydrogens (tertiary/aromatic N) is 2. The van der Waals surface area contributed by atoms with Crippen LogP contribution in [0.25, 0.3) is 11.1 Å². The van der Waals surface area contributed by atoms with Crippen LogP contribution in [-0.2, 0) is 6.54 Å². The average molecular weight is 475 g/mol. The van der Waals surface area contributed by atoms with Gasteiger partial charge in [-0.05, 0) is 49.7 Å². The summed E-state index contributed by atoms with van der Waals surface area (Å²) < 4.78 is 13.1. The van der Waals surface area contributed by atoms with Crippen molar-refractivity contribution in [3.8, 4) is 22.6 Å². The van der Waals surface area contributed by atoms with E-state index < -0.39 is 5.60 Å². The van der Waals surface area contributed by atoms with Crippen molar-refractivity contribution in [1.29, 1.82) is 0 Å². The summed E-state index contributed by atoms with van der Waals surface area (Å²) in [6, 6.07) is 12.6. The number of fused-ring (bicyclic) bond motifs is 1. The number of ether oxygens (including phenoxy) is 2. The summed E-state index contributed by atoms with van der Waals surface area (Å²) in [7, 11) is 1.54. The number of hydrogen-bond acceptors (Lipinski definition) is 4. The third-order valence-electron chi connectivity index (χ3n) is 5.22. The fraction of sp³-hybridized carbons (Fsp3) is 0.292. The van der Waals surface area contributed by atoms with Gasteiger partial charge in [-0.3, -0.25) is 4.79 Å². The first-order chi connectivity index (χ1) is 15.2. The monoisotopic (exact) mass is 474 g/mol. The average Bonchev–Trinajstić information content (AvgIpc) is 3.19. The van der Waals surface area contributed by atoms with Crippen LogP contribution in [0, 0.1) is 0 Å². The number of amides is 1. The smallest absolute Gasteiger partial charge is 0.274 e. The van der Waals surface area contributed by atoms with Crippen LogP contribution in [0.15, 0.2) is 48.7 Å². The molecule has 6 nitrogen and oxygen atoms in total. The van der Waals surface area contributed by atoms with Gasteiger partial charge in [-0.15, -0.1) is 0 Å². The predicted molar refractivity (Wildman–Crippen MR) is 126 cm³/mol. The first-order valence-corrected chi connectivity index (χ1v) is 10.9. The molecule has 0 saturated heterocycles. The molecule has 0 aliphatic carbocycles. The number of carbonyl (C=O) groups excluding carboxylic acids is 1. The number of methoxy groups -OCH3 is 1. The van der Waals surface area contributed by atoms with Crippen molar-refractivity contribution >= 4 is 34.8 Å². The third kappa shape index (κ3) is 4.58. The Labute approximate surface area is 196 Å². The van der Waals surface area contributed by atoms with Crippen molar-refractivity contribution in [1.82, 2.24) is 4.57 Å². The second kappa shape index (κ2) is 8.70. The number of aliphatic hydroxyl groups is 1. The van der Waals surface area contributed by atoms with Crippen molar-refractivity contribution in [2.45, 2.75) is 26.0 Å². The highest BCUT2D eigenvalue weighted by atomic mass is 35.5. The van der Waals surface area contributed by atoms with Crippen LogP contribution in [0.1, 0.15) is 24.3 Å². The lowest BCUT2D eigenvalue weighted by atomic mass is 10.1. The van der Waals surface area contributed by atoms with Gasteiger partial charge in [0.25, 0.3) is 5.91 Å². The Kier molecular flexibility index (Phi) is 6.12. The van der Waals surface area contributed by atoms with Gasteiger partial charge in [0.1, 0.15) is 12.3 Å². The zero-order chi connectivity index (χ0) is 23.0. The molecule has 0 fully saturated rings. The lowest BCUT2D eigenvalue weighted by Crippen LogP contribution is -2.39. The largest absolute Gasteiger partial charge is 0.493 e. The van der Waals surface area contributed by atoms with Gasteiger partial charge in [0.15, 0.2) is 11.5 Å². The Bertz CT molecular complexity index is 1170. The molecule has 1 aliphatic rings. The van der Waals surface area contributed by atoms with Crippen molar-refractivity contribution in [2.24, 2.45) is 0 Å². The van der Waals surface area contributed by atoms with Gasteiger partial charge in [0, 0.05) is 36.6 Å². The standard InChI is InChI=1S/C24H24Cl2N2O4/c1-24(2,30)14-32-21-7-5-17(12-22(21)31-3)28-9-8-27-13-16(11-20(27)23(28)29)15-4-6-18(25)19(26)10-15/h4-7,10-13,30H,8-9,14H2,1-3H3. The molecular formula is C24H24Cl2N2O4. The quantitative estimate of drug-likeness (QED) is 0.527. The van der Waals surface area contributed by atoms with Gasteiger partial charge in [-0.25, -0.2) is 0 Å². The van der Waals surface area contributed by atoms with Gasteiger partial charge >= 0.3 is 0 Å². The molecule has 3 aromatic rings. The van der Waals surface area contributed by atoms with E-state index in [0.717, 1.165) is 11.1 Å². The van der Waals surface area contributed by atoms with E-state index in [-0.39, 0.29) is 12.5 Å². The Morgan fingerprint density at radius 2 is 1.78 bits per heavy atom. The van der Waals surface area contributed by atoms with Crippen LogP contribution >= 0.6 is 23.2 Å². The van der Waals surface area contributed by atoms with Crippen LogP contribution in [0.3, 0.4) is 0 Å². The maximum atomic E-state index is 13.3. The van der Waals surface area contributed by atoms with Gasteiger partial charge in [-0.2, -0.15) is 0 Å². The zero-order valence-electron chi connectivity index (χ0n) is 18.1. The van der Waals surface area contributed by atoms with E-state index in [1.54, 1.807) is 50.1 Å². The number of carbonyl (C=O) groups is 1. The van der Waals surface area contributed by atoms with E-state index >= 15 is 0 Å². The summed E-state index contributed by atoms with van der Waals surface area (Å²) in [4.78, 5) is 15.0. The van der Waals surface area contributed by atoms with Crippen molar-refractivity contribution < 1.29 is 19.4 Å². The first-order valence-electron chi connectivity index (χ1n) is 10.2. The van der Waals surface area contributed by atoms with Crippen LogP contribution in [0.5, 0.6) is 11.5 Å². The minimum atomic E-state index is -0.968. The van der Waals surface area contributed by atoms with Crippen molar-refractivity contribution in [3.63, 3.8) is 0 Å². The van der Waals surface area contributed by atoms with Crippen LogP contribution < -0.4 is 14.4 Å². The number of benzene rings is 2. The lowest BCUT2D eigenvalue weighted by Gasteiger charge is -2.29. The molecule has 2 heterocycles. The Morgan fingerprint density at radius 3 is 2.47 bits per heavy atom. The molecule has 1 aliphatic heterocycles. The fourth-order valence-corrected chi connectivity index (χ4v) is 3.90. The molecule has 1 aromatic heterocycles. The van der Waals surface area contributed by atoms with Crippen LogP contribution in [0.2, 0.25) is 10.0 Å². The highest BCUT2D eigenvalue weighted by Crippen LogP contribution is 2.35. The summed E-state index contributed by atoms with van der Waals surface area (Å²) >= 11 is 12.2. The summed E-state index contributed by atoms with van der Waals surface area (Å²) in [5.41, 5.74) is 2.14. The Balaban J connectivity index is 1.59. The van der Waals surface area contributed by atoms with Gasteiger partial charge in [0.2, 0.25) is 0 Å². The minimum Gasteiger partial charge on any atom is -0.493 e. The second-order valence-electron chi connectivity index (χ2n) is 8.33. The molecule has 0 bridgehead atoms. The number of anilines is 1. The summed E-state index contributed by atoms with van der Waals surface area (Å²) in [6.07, 6.45) is 1.96. The highest BCUT2D eigenvalue weighted by Gasteiger charge is 2.27. The van der Waals surface area contributed by atoms with Gasteiger partial charge in [-0.1, -0.05) is 29.3 Å². The second-order valence-corrected chi connectivity index (χ2v) is 9.14. The van der Waals surface area contributed by atoms with Crippen molar-refractivity contribution in [3.05, 3.63) is 64.4 Å². The summed E-state index contributed by atoms with van der Waals surface area (Å²) in [5, 5.41) is 10.9. The molecule has 0 spiro atoms. The SMILES string of the molecule is COc1cc(N2CCn3cc(-c4ccc(Cl)c(Cl)c4)cc3C2=O)ccc1OCC(C)(C)O. The predicted octanol–water partition coefficient (Wildman–Crippen LogP) is 5.28. The molecule has 2 aromatic carbocycles. The van der Waals surface area contributed by atoms with E-state index in [2.05, 4.69) is 0 Å². The minimum absolute atomic E-state index is 0.102. The zero-order valence-corrected chi connectivity index (χ0v) is 19.6. The molecule has 32 heavy (non-hydrogen) atoms. The number of rotatable bonds is 6. The summed E-state index contributed by atoms with van der Waals surface area (Å²) in [6.45, 7) is 4.63. The lowest BCUT2D eigenvalue weighted by molar-refractivity contribution is 0.0276. The highest BCUT2D eigenvalue weighted by molar-refractivity contribution is 6.42. The molecule has 168 valence electrons. The van der Waals surface area contributed by atoms with E-state index in [1.807, 2.05) is 29.0 Å². The maximum Gasteiger partial charge on any atom is 0.274 e. The summed E-state index contributed by atoms with van der Waals surface area (Å²) in [5.74, 6) is 0.903. The number of aromatic nitrogens is 1. The molecule has 0 saturated carbocycles. The van der Waals surface area contributed by atoms with Crippen LogP contribution in [-0.4, -0.2) is 41.4 Å². The molecular weight excluding hydrogens is 451 g/mol. The van der Waals surface area contributed by atoms with Crippen LogP contribution in [0.4, 0.5) is 5.69 Å². The van der Waals surface area contributed by atoms with Crippen molar-refractivity contribution in [2.75, 3.05) is 25.2 Å². The third-order valence-corrected chi connectivity index (χ3v) is 5.96. The number of hydrogen-bond donors (Lipinski definition) is 1. The fourth-order valence-electron chi connectivity index (χ4n) is 3.60. The molecule has 0 unspecified atom stereocenters. The first kappa shape index (κ1) is 22.5. The van der Waals surface area contributed by atoms with E-state index in [0.29, 0.717) is 46.0 Å². The van der Waals surface area contributed by atoms with E-state index in [1.165, 1.54) is 0 Å². The van der Waals surface area contributed by atoms with E-state index in [9.17, 15) is 9.90 Å². The molecule has 0 atom stereocenters. The van der Waals surface area contributed by atoms with E-state index in [4.69, 9.17) is 32.7 Å². The molecule has 0 radical (unpaired) electrons. The normalized spacial score (nSPS) is 13.8. The molecule has 1 N–H and O–H groups in total.